The lowest BCUT2D eigenvalue weighted by molar-refractivity contribution is -0.120. The summed E-state index contributed by atoms with van der Waals surface area (Å²) < 4.78 is 11.3. The van der Waals surface area contributed by atoms with E-state index in [4.69, 9.17) is 26.3 Å². The van der Waals surface area contributed by atoms with Gasteiger partial charge in [0.1, 0.15) is 17.6 Å². The van der Waals surface area contributed by atoms with Gasteiger partial charge in [-0.25, -0.2) is 0 Å². The van der Waals surface area contributed by atoms with E-state index in [0.29, 0.717) is 17.3 Å². The maximum atomic E-state index is 11.7. The summed E-state index contributed by atoms with van der Waals surface area (Å²) in [7, 11) is 1.66. The molecule has 0 saturated heterocycles. The van der Waals surface area contributed by atoms with Crippen molar-refractivity contribution in [3.8, 4) is 17.6 Å². The Balaban J connectivity index is 0.000000271. The van der Waals surface area contributed by atoms with Gasteiger partial charge in [-0.3, -0.25) is 4.79 Å². The molecule has 3 aromatic carbocycles. The lowest BCUT2D eigenvalue weighted by Crippen LogP contribution is -2.34. The van der Waals surface area contributed by atoms with Crippen LogP contribution in [0.4, 0.5) is 0 Å². The van der Waals surface area contributed by atoms with E-state index in [1.807, 2.05) is 72.8 Å². The molecule has 5 rings (SSSR count). The van der Waals surface area contributed by atoms with Crippen LogP contribution in [0.3, 0.4) is 0 Å². The molecule has 1 atom stereocenters. The van der Waals surface area contributed by atoms with Crippen LogP contribution in [0, 0.1) is 11.3 Å². The first-order valence-electron chi connectivity index (χ1n) is 10.9. The third kappa shape index (κ3) is 5.61. The van der Waals surface area contributed by atoms with Gasteiger partial charge in [-0.05, 0) is 72.1 Å². The second-order valence-corrected chi connectivity index (χ2v) is 9.23. The molecular formula is C27H23BrClN3O3. The number of carbonyl (C=O) groups is 1. The number of hydrogen-bond donors (Lipinski definition) is 1. The summed E-state index contributed by atoms with van der Waals surface area (Å²) in [5, 5.41) is 10.4. The van der Waals surface area contributed by atoms with E-state index < -0.39 is 0 Å². The highest BCUT2D eigenvalue weighted by atomic mass is 79.9. The van der Waals surface area contributed by atoms with Gasteiger partial charge >= 0.3 is 0 Å². The average Bonchev–Trinajstić information content (AvgIpc) is 3.26. The minimum atomic E-state index is -0.188. The number of H-pyrrole nitrogens is 1. The minimum Gasteiger partial charge on any atom is -0.497 e. The summed E-state index contributed by atoms with van der Waals surface area (Å²) in [5.74, 6) is 1.52. The van der Waals surface area contributed by atoms with E-state index in [9.17, 15) is 4.79 Å². The van der Waals surface area contributed by atoms with Crippen LogP contribution in [0.1, 0.15) is 22.9 Å². The summed E-state index contributed by atoms with van der Waals surface area (Å²) in [6.07, 6.45) is 1.68. The molecule has 1 amide bonds. The number of nitrogens with one attached hydrogen (secondary N) is 1. The zero-order chi connectivity index (χ0) is 24.8. The van der Waals surface area contributed by atoms with Crippen LogP contribution >= 0.6 is 27.5 Å². The number of ether oxygens (including phenoxy) is 2. The van der Waals surface area contributed by atoms with Crippen LogP contribution in [-0.2, 0) is 11.2 Å². The van der Waals surface area contributed by atoms with Crippen molar-refractivity contribution in [3.63, 3.8) is 0 Å². The molecule has 0 radical (unpaired) electrons. The smallest absolute Gasteiger partial charge is 0.210 e. The summed E-state index contributed by atoms with van der Waals surface area (Å²) in [6.45, 7) is 0.656. The van der Waals surface area contributed by atoms with Crippen LogP contribution in [0.2, 0.25) is 5.02 Å². The summed E-state index contributed by atoms with van der Waals surface area (Å²) >= 11 is 9.49. The van der Waals surface area contributed by atoms with E-state index in [-0.39, 0.29) is 12.6 Å². The fourth-order valence-electron chi connectivity index (χ4n) is 4.18. The van der Waals surface area contributed by atoms with Gasteiger partial charge in [0.15, 0.2) is 6.61 Å². The molecule has 1 unspecified atom stereocenters. The third-order valence-corrected chi connectivity index (χ3v) is 6.57. The molecule has 35 heavy (non-hydrogen) atoms. The number of hydrogen-bond acceptors (Lipinski definition) is 4. The Bertz CT molecular complexity index is 1350. The van der Waals surface area contributed by atoms with Crippen LogP contribution in [0.5, 0.6) is 11.5 Å². The standard InChI is InChI=1S/C20H16ClN3O2.C7H7BrO/c21-14-3-6-18-17(11-14)16-7-9-24(12-25)20(19(16)23-18)13-1-4-15(5-2-13)26-10-8-22;1-9-7-4-2-6(8)3-5-7/h1-6,11-12,20,23H,7,9-10H2;2-5H,1H3. The molecule has 0 bridgehead atoms. The number of amides is 1. The highest BCUT2D eigenvalue weighted by Crippen LogP contribution is 2.38. The molecule has 8 heteroatoms. The van der Waals surface area contributed by atoms with Crippen molar-refractivity contribution >= 4 is 44.8 Å². The average molecular weight is 553 g/mol. The Morgan fingerprint density at radius 3 is 2.51 bits per heavy atom. The molecule has 6 nitrogen and oxygen atoms in total. The normalized spacial score (nSPS) is 14.3. The van der Waals surface area contributed by atoms with Gasteiger partial charge in [-0.15, -0.1) is 0 Å². The van der Waals surface area contributed by atoms with Gasteiger partial charge < -0.3 is 19.4 Å². The molecule has 1 aliphatic heterocycles. The van der Waals surface area contributed by atoms with Crippen molar-refractivity contribution < 1.29 is 14.3 Å². The number of aromatic nitrogens is 1. The summed E-state index contributed by atoms with van der Waals surface area (Å²) in [4.78, 5) is 16.9. The quantitative estimate of drug-likeness (QED) is 0.295. The SMILES string of the molecule is COc1ccc(Br)cc1.N#CCOc1ccc(C2c3[nH]c4ccc(Cl)cc4c3CCN2C=O)cc1. The number of benzene rings is 3. The van der Waals surface area contributed by atoms with Gasteiger partial charge in [0.05, 0.1) is 13.2 Å². The Labute approximate surface area is 217 Å². The molecule has 0 spiro atoms. The number of halogens is 2. The van der Waals surface area contributed by atoms with Crippen molar-refractivity contribution in [3.05, 3.63) is 93.0 Å². The zero-order valence-corrected chi connectivity index (χ0v) is 21.3. The molecular weight excluding hydrogens is 530 g/mol. The van der Waals surface area contributed by atoms with Gasteiger partial charge in [0.25, 0.3) is 0 Å². The van der Waals surface area contributed by atoms with E-state index in [0.717, 1.165) is 45.2 Å². The Morgan fingerprint density at radius 1 is 1.14 bits per heavy atom. The van der Waals surface area contributed by atoms with E-state index in [1.54, 1.807) is 12.0 Å². The number of aromatic amines is 1. The monoisotopic (exact) mass is 551 g/mol. The molecule has 0 aliphatic carbocycles. The van der Waals surface area contributed by atoms with Crippen LogP contribution in [-0.4, -0.2) is 36.6 Å². The maximum Gasteiger partial charge on any atom is 0.210 e. The maximum absolute atomic E-state index is 11.7. The Morgan fingerprint density at radius 2 is 1.86 bits per heavy atom. The topological polar surface area (TPSA) is 78.3 Å². The largest absolute Gasteiger partial charge is 0.497 e. The number of carbonyl (C=O) groups excluding carboxylic acids is 1. The Hall–Kier alpha value is -3.47. The van der Waals surface area contributed by atoms with Crippen LogP contribution < -0.4 is 9.47 Å². The summed E-state index contributed by atoms with van der Waals surface area (Å²) in [5.41, 5.74) is 4.23. The molecule has 2 heterocycles. The second kappa shape index (κ2) is 11.3. The first-order valence-corrected chi connectivity index (χ1v) is 12.1. The van der Waals surface area contributed by atoms with Crippen molar-refractivity contribution in [2.24, 2.45) is 0 Å². The molecule has 0 fully saturated rings. The lowest BCUT2D eigenvalue weighted by atomic mass is 9.93. The van der Waals surface area contributed by atoms with Gasteiger partial charge in [-0.2, -0.15) is 5.26 Å². The second-order valence-electron chi connectivity index (χ2n) is 7.88. The fourth-order valence-corrected chi connectivity index (χ4v) is 4.62. The third-order valence-electron chi connectivity index (χ3n) is 5.81. The predicted molar refractivity (Wildman–Crippen MR) is 140 cm³/mol. The van der Waals surface area contributed by atoms with Crippen LogP contribution in [0.25, 0.3) is 10.9 Å². The molecule has 4 aromatic rings. The van der Waals surface area contributed by atoms with Crippen molar-refractivity contribution in [2.75, 3.05) is 20.3 Å². The first kappa shape index (κ1) is 24.6. The number of nitriles is 1. The molecule has 1 aromatic heterocycles. The van der Waals surface area contributed by atoms with Gasteiger partial charge in [0, 0.05) is 32.6 Å². The van der Waals surface area contributed by atoms with E-state index in [2.05, 4.69) is 20.9 Å². The van der Waals surface area contributed by atoms with Gasteiger partial charge in [0.2, 0.25) is 6.41 Å². The number of nitrogens with zero attached hydrogens (tertiary/aromatic N) is 2. The highest BCUT2D eigenvalue weighted by molar-refractivity contribution is 9.10. The van der Waals surface area contributed by atoms with Gasteiger partial charge in [-0.1, -0.05) is 39.7 Å². The van der Waals surface area contributed by atoms with Crippen LogP contribution in [0.15, 0.2) is 71.2 Å². The lowest BCUT2D eigenvalue weighted by Gasteiger charge is -2.33. The minimum absolute atomic E-state index is 0.0101. The number of fused-ring (bicyclic) bond motifs is 3. The summed E-state index contributed by atoms with van der Waals surface area (Å²) in [6, 6.07) is 22.8. The predicted octanol–water partition coefficient (Wildman–Crippen LogP) is 6.29. The highest BCUT2D eigenvalue weighted by Gasteiger charge is 2.31. The van der Waals surface area contributed by atoms with Crippen molar-refractivity contribution in [2.45, 2.75) is 12.5 Å². The molecule has 178 valence electrons. The number of methoxy groups -OCH3 is 1. The first-order chi connectivity index (χ1) is 17.0. The van der Waals surface area contributed by atoms with E-state index >= 15 is 0 Å². The molecule has 0 saturated carbocycles. The van der Waals surface area contributed by atoms with Crippen molar-refractivity contribution in [1.29, 1.82) is 5.26 Å². The van der Waals surface area contributed by atoms with Crippen molar-refractivity contribution in [1.82, 2.24) is 9.88 Å². The number of rotatable bonds is 5. The fraction of sp³-hybridized carbons (Fsp3) is 0.185. The molecule has 1 N–H and O–H groups in total. The Kier molecular flexibility index (Phi) is 7.96. The molecule has 1 aliphatic rings. The van der Waals surface area contributed by atoms with E-state index in [1.165, 1.54) is 5.56 Å². The zero-order valence-electron chi connectivity index (χ0n) is 19.0.